The van der Waals surface area contributed by atoms with Gasteiger partial charge in [-0.2, -0.15) is 0 Å². The molecule has 1 fully saturated rings. The van der Waals surface area contributed by atoms with Gasteiger partial charge >= 0.3 is 0 Å². The van der Waals surface area contributed by atoms with Crippen molar-refractivity contribution >= 4 is 28.3 Å². The van der Waals surface area contributed by atoms with Crippen molar-refractivity contribution in [3.05, 3.63) is 40.7 Å². The van der Waals surface area contributed by atoms with Crippen molar-refractivity contribution in [2.45, 2.75) is 39.0 Å². The molecule has 1 saturated heterocycles. The first-order valence-electron chi connectivity index (χ1n) is 9.10. The second-order valence-corrected chi connectivity index (χ2v) is 7.96. The van der Waals surface area contributed by atoms with Crippen LogP contribution in [0.3, 0.4) is 0 Å². The molecule has 0 saturated carbocycles. The molecular formula is C19H23FN4O2S. The van der Waals surface area contributed by atoms with Gasteiger partial charge in [0.15, 0.2) is 0 Å². The zero-order valence-corrected chi connectivity index (χ0v) is 16.3. The molecule has 8 heteroatoms. The van der Waals surface area contributed by atoms with E-state index < -0.39 is 5.92 Å². The maximum Gasteiger partial charge on any atom is 0.229 e. The van der Waals surface area contributed by atoms with Crippen LogP contribution in [-0.2, 0) is 16.0 Å². The van der Waals surface area contributed by atoms with Crippen LogP contribution in [0.1, 0.15) is 43.2 Å². The van der Waals surface area contributed by atoms with Crippen molar-refractivity contribution in [3.63, 3.8) is 0 Å². The number of hydrogen-bond donors (Lipinski definition) is 1. The van der Waals surface area contributed by atoms with E-state index >= 15 is 0 Å². The fourth-order valence-electron chi connectivity index (χ4n) is 2.97. The van der Waals surface area contributed by atoms with Gasteiger partial charge in [0, 0.05) is 25.4 Å². The van der Waals surface area contributed by atoms with Crippen LogP contribution in [0.25, 0.3) is 0 Å². The van der Waals surface area contributed by atoms with Crippen molar-refractivity contribution in [2.24, 2.45) is 5.92 Å². The molecule has 0 bridgehead atoms. The van der Waals surface area contributed by atoms with Crippen molar-refractivity contribution in [3.8, 4) is 0 Å². The van der Waals surface area contributed by atoms with Crippen molar-refractivity contribution < 1.29 is 14.0 Å². The quantitative estimate of drug-likeness (QED) is 0.738. The molecule has 3 rings (SSSR count). The topological polar surface area (TPSA) is 75.2 Å². The van der Waals surface area contributed by atoms with Gasteiger partial charge in [-0.05, 0) is 24.5 Å². The average molecular weight is 390 g/mol. The first kappa shape index (κ1) is 19.4. The number of anilines is 1. The standard InChI is InChI=1S/C19H23FN4O2S/c1-12(2)18-22-23-19(27-18)24-11-14(10-16(24)25)17(26)21-9-5-7-13-6-3-4-8-15(13)20/h3-4,6,8,12,14H,5,7,9-11H2,1-2H3,(H,21,26). The van der Waals surface area contributed by atoms with Crippen LogP contribution in [0.4, 0.5) is 9.52 Å². The summed E-state index contributed by atoms with van der Waals surface area (Å²) in [7, 11) is 0. The minimum atomic E-state index is -0.391. The van der Waals surface area contributed by atoms with Gasteiger partial charge < -0.3 is 5.32 Å². The molecule has 1 aromatic heterocycles. The second kappa shape index (κ2) is 8.56. The highest BCUT2D eigenvalue weighted by molar-refractivity contribution is 7.15. The maximum absolute atomic E-state index is 13.6. The number of aromatic nitrogens is 2. The Kier molecular flexibility index (Phi) is 6.15. The SMILES string of the molecule is CC(C)c1nnc(N2CC(C(=O)NCCCc3ccccc3F)CC2=O)s1. The Morgan fingerprint density at radius 2 is 2.15 bits per heavy atom. The zero-order valence-electron chi connectivity index (χ0n) is 15.4. The Morgan fingerprint density at radius 1 is 1.37 bits per heavy atom. The number of benzene rings is 1. The van der Waals surface area contributed by atoms with E-state index in [0.29, 0.717) is 36.6 Å². The van der Waals surface area contributed by atoms with E-state index in [4.69, 9.17) is 0 Å². The van der Waals surface area contributed by atoms with Crippen LogP contribution in [0.5, 0.6) is 0 Å². The molecule has 144 valence electrons. The summed E-state index contributed by atoms with van der Waals surface area (Å²) < 4.78 is 13.6. The smallest absolute Gasteiger partial charge is 0.229 e. The maximum atomic E-state index is 13.6. The lowest BCUT2D eigenvalue weighted by Crippen LogP contribution is -2.33. The van der Waals surface area contributed by atoms with Gasteiger partial charge in [-0.25, -0.2) is 4.39 Å². The number of aryl methyl sites for hydroxylation is 1. The third-order valence-electron chi connectivity index (χ3n) is 4.53. The molecular weight excluding hydrogens is 367 g/mol. The first-order valence-corrected chi connectivity index (χ1v) is 9.92. The lowest BCUT2D eigenvalue weighted by Gasteiger charge is -2.13. The third kappa shape index (κ3) is 4.68. The van der Waals surface area contributed by atoms with Gasteiger partial charge in [0.1, 0.15) is 10.8 Å². The van der Waals surface area contributed by atoms with Gasteiger partial charge in [0.25, 0.3) is 0 Å². The number of amides is 2. The van der Waals surface area contributed by atoms with Crippen LogP contribution in [-0.4, -0.2) is 35.1 Å². The van der Waals surface area contributed by atoms with Crippen LogP contribution in [0.15, 0.2) is 24.3 Å². The van der Waals surface area contributed by atoms with E-state index in [1.54, 1.807) is 23.1 Å². The first-order chi connectivity index (χ1) is 13.0. The largest absolute Gasteiger partial charge is 0.356 e. The summed E-state index contributed by atoms with van der Waals surface area (Å²) in [6.45, 7) is 4.82. The fraction of sp³-hybridized carbons (Fsp3) is 0.474. The Hall–Kier alpha value is -2.35. The monoisotopic (exact) mass is 390 g/mol. The van der Waals surface area contributed by atoms with Crippen molar-refractivity contribution in [1.29, 1.82) is 0 Å². The van der Waals surface area contributed by atoms with Crippen LogP contribution in [0.2, 0.25) is 0 Å². The Labute approximate surface area is 161 Å². The summed E-state index contributed by atoms with van der Waals surface area (Å²) in [5.74, 6) is -0.612. The normalized spacial score (nSPS) is 17.0. The molecule has 2 aromatic rings. The molecule has 1 atom stereocenters. The summed E-state index contributed by atoms with van der Waals surface area (Å²) in [6.07, 6.45) is 1.38. The molecule has 2 heterocycles. The van der Waals surface area contributed by atoms with Crippen LogP contribution in [0, 0.1) is 11.7 Å². The fourth-order valence-corrected chi connectivity index (χ4v) is 3.85. The number of rotatable bonds is 7. The predicted molar refractivity (Wildman–Crippen MR) is 102 cm³/mol. The molecule has 1 unspecified atom stereocenters. The molecule has 1 N–H and O–H groups in total. The highest BCUT2D eigenvalue weighted by Crippen LogP contribution is 2.30. The number of carbonyl (C=O) groups excluding carboxylic acids is 2. The van der Waals surface area contributed by atoms with Crippen LogP contribution >= 0.6 is 11.3 Å². The lowest BCUT2D eigenvalue weighted by molar-refractivity contribution is -0.126. The Morgan fingerprint density at radius 3 is 2.85 bits per heavy atom. The summed E-state index contributed by atoms with van der Waals surface area (Å²) in [6, 6.07) is 6.64. The summed E-state index contributed by atoms with van der Waals surface area (Å²) in [5, 5.41) is 12.5. The van der Waals surface area contributed by atoms with E-state index in [-0.39, 0.29) is 30.0 Å². The molecule has 0 aliphatic carbocycles. The summed E-state index contributed by atoms with van der Waals surface area (Å²) in [5.41, 5.74) is 0.645. The predicted octanol–water partition coefficient (Wildman–Crippen LogP) is 2.90. The molecule has 0 radical (unpaired) electrons. The van der Waals surface area contributed by atoms with Crippen molar-refractivity contribution in [2.75, 3.05) is 18.0 Å². The van der Waals surface area contributed by atoms with Crippen LogP contribution < -0.4 is 10.2 Å². The van der Waals surface area contributed by atoms with Gasteiger partial charge in [0.2, 0.25) is 16.9 Å². The van der Waals surface area contributed by atoms with Gasteiger partial charge in [-0.15, -0.1) is 10.2 Å². The van der Waals surface area contributed by atoms with Gasteiger partial charge in [0.05, 0.1) is 5.92 Å². The number of carbonyl (C=O) groups is 2. The Bertz CT molecular complexity index is 824. The minimum absolute atomic E-state index is 0.104. The van der Waals surface area contributed by atoms with E-state index in [9.17, 15) is 14.0 Å². The van der Waals surface area contributed by atoms with E-state index in [1.807, 2.05) is 13.8 Å². The molecule has 1 aromatic carbocycles. The molecule has 1 aliphatic heterocycles. The molecule has 6 nitrogen and oxygen atoms in total. The highest BCUT2D eigenvalue weighted by atomic mass is 32.1. The highest BCUT2D eigenvalue weighted by Gasteiger charge is 2.36. The minimum Gasteiger partial charge on any atom is -0.356 e. The average Bonchev–Trinajstić information content (AvgIpc) is 3.26. The van der Waals surface area contributed by atoms with Crippen molar-refractivity contribution in [1.82, 2.24) is 15.5 Å². The molecule has 27 heavy (non-hydrogen) atoms. The van der Waals surface area contributed by atoms with Gasteiger partial charge in [-0.1, -0.05) is 43.4 Å². The molecule has 0 spiro atoms. The number of hydrogen-bond acceptors (Lipinski definition) is 5. The number of nitrogens with zero attached hydrogens (tertiary/aromatic N) is 3. The van der Waals surface area contributed by atoms with E-state index in [1.165, 1.54) is 17.4 Å². The molecule has 1 aliphatic rings. The third-order valence-corrected chi connectivity index (χ3v) is 5.78. The van der Waals surface area contributed by atoms with E-state index in [2.05, 4.69) is 15.5 Å². The number of nitrogens with one attached hydrogen (secondary N) is 1. The number of halogens is 1. The molecule has 2 amide bonds. The zero-order chi connectivity index (χ0) is 19.4. The second-order valence-electron chi connectivity index (χ2n) is 6.97. The van der Waals surface area contributed by atoms with Gasteiger partial charge in [-0.3, -0.25) is 14.5 Å². The summed E-state index contributed by atoms with van der Waals surface area (Å²) in [4.78, 5) is 26.2. The Balaban J connectivity index is 1.48. The van der Waals surface area contributed by atoms with E-state index in [0.717, 1.165) is 5.01 Å². The lowest BCUT2D eigenvalue weighted by atomic mass is 10.1. The summed E-state index contributed by atoms with van der Waals surface area (Å²) >= 11 is 1.39.